The van der Waals surface area contributed by atoms with Gasteiger partial charge in [0.15, 0.2) is 0 Å². The zero-order chi connectivity index (χ0) is 13.1. The lowest BCUT2D eigenvalue weighted by molar-refractivity contribution is 0.0925. The van der Waals surface area contributed by atoms with E-state index in [1.807, 2.05) is 12.1 Å². The van der Waals surface area contributed by atoms with E-state index in [0.29, 0.717) is 24.7 Å². The molecule has 0 radical (unpaired) electrons. The molecule has 6 nitrogen and oxygen atoms in total. The van der Waals surface area contributed by atoms with Gasteiger partial charge in [-0.25, -0.2) is 9.97 Å². The second kappa shape index (κ2) is 5.19. The summed E-state index contributed by atoms with van der Waals surface area (Å²) in [5.41, 5.74) is 0.401. The summed E-state index contributed by atoms with van der Waals surface area (Å²) in [4.78, 5) is 20.4. The van der Waals surface area contributed by atoms with Crippen molar-refractivity contribution in [3.8, 4) is 5.82 Å². The van der Waals surface area contributed by atoms with Crippen LogP contribution in [0.15, 0.2) is 36.9 Å². The smallest absolute Gasteiger partial charge is 0.270 e. The molecule has 2 aromatic rings. The molecule has 0 aromatic carbocycles. The molecule has 1 aliphatic rings. The predicted molar refractivity (Wildman–Crippen MR) is 68.0 cm³/mol. The number of hydrogen-bond acceptors (Lipinski definition) is 4. The van der Waals surface area contributed by atoms with E-state index in [1.54, 1.807) is 29.4 Å². The minimum atomic E-state index is -0.169. The van der Waals surface area contributed by atoms with Crippen LogP contribution in [0.2, 0.25) is 0 Å². The number of pyridine rings is 1. The second-order valence-electron chi connectivity index (χ2n) is 4.38. The van der Waals surface area contributed by atoms with E-state index < -0.39 is 0 Å². The maximum absolute atomic E-state index is 12.1. The Morgan fingerprint density at radius 3 is 3.16 bits per heavy atom. The predicted octanol–water partition coefficient (Wildman–Crippen LogP) is 0.786. The Hall–Kier alpha value is -2.21. The summed E-state index contributed by atoms with van der Waals surface area (Å²) < 4.78 is 6.99. The number of carbonyl (C=O) groups excluding carboxylic acids is 1. The summed E-state index contributed by atoms with van der Waals surface area (Å²) in [6, 6.07) is 5.43. The summed E-state index contributed by atoms with van der Waals surface area (Å²) >= 11 is 0. The van der Waals surface area contributed by atoms with Gasteiger partial charge in [-0.05, 0) is 18.6 Å². The van der Waals surface area contributed by atoms with Gasteiger partial charge in [-0.15, -0.1) is 0 Å². The van der Waals surface area contributed by atoms with Crippen LogP contribution in [0.25, 0.3) is 5.82 Å². The molecule has 0 aliphatic carbocycles. The molecule has 1 saturated heterocycles. The molecule has 2 aromatic heterocycles. The second-order valence-corrected chi connectivity index (χ2v) is 4.38. The van der Waals surface area contributed by atoms with E-state index in [4.69, 9.17) is 4.74 Å². The van der Waals surface area contributed by atoms with Crippen LogP contribution in [0.1, 0.15) is 16.9 Å². The molecular weight excluding hydrogens is 244 g/mol. The van der Waals surface area contributed by atoms with Crippen LogP contribution in [0.5, 0.6) is 0 Å². The quantitative estimate of drug-likeness (QED) is 0.883. The number of aromatic nitrogens is 3. The van der Waals surface area contributed by atoms with Crippen molar-refractivity contribution in [1.29, 1.82) is 0 Å². The first kappa shape index (κ1) is 11.9. The van der Waals surface area contributed by atoms with Crippen LogP contribution in [0, 0.1) is 0 Å². The lowest BCUT2D eigenvalue weighted by atomic mass is 10.2. The van der Waals surface area contributed by atoms with Crippen molar-refractivity contribution in [3.63, 3.8) is 0 Å². The molecule has 1 aliphatic heterocycles. The van der Waals surface area contributed by atoms with Crippen molar-refractivity contribution in [3.05, 3.63) is 42.6 Å². The number of nitrogens with zero attached hydrogens (tertiary/aromatic N) is 3. The van der Waals surface area contributed by atoms with Crippen molar-refractivity contribution in [2.24, 2.45) is 0 Å². The van der Waals surface area contributed by atoms with Crippen LogP contribution >= 0.6 is 0 Å². The maximum Gasteiger partial charge on any atom is 0.270 e. The first-order valence-electron chi connectivity index (χ1n) is 6.17. The lowest BCUT2D eigenvalue weighted by Gasteiger charge is -2.10. The van der Waals surface area contributed by atoms with Crippen LogP contribution in [-0.2, 0) is 4.74 Å². The topological polar surface area (TPSA) is 69.0 Å². The summed E-state index contributed by atoms with van der Waals surface area (Å²) in [7, 11) is 0. The molecular formula is C13H14N4O2. The van der Waals surface area contributed by atoms with Crippen molar-refractivity contribution in [2.75, 3.05) is 13.2 Å². The fourth-order valence-corrected chi connectivity index (χ4v) is 2.00. The first-order chi connectivity index (χ1) is 9.33. The highest BCUT2D eigenvalue weighted by Gasteiger charge is 2.19. The number of nitrogens with one attached hydrogen (secondary N) is 1. The van der Waals surface area contributed by atoms with Gasteiger partial charge in [-0.1, -0.05) is 6.07 Å². The van der Waals surface area contributed by atoms with Gasteiger partial charge in [0.2, 0.25) is 0 Å². The van der Waals surface area contributed by atoms with E-state index in [2.05, 4.69) is 15.3 Å². The first-order valence-corrected chi connectivity index (χ1v) is 6.17. The van der Waals surface area contributed by atoms with Crippen LogP contribution in [0.4, 0.5) is 0 Å². The van der Waals surface area contributed by atoms with E-state index in [-0.39, 0.29) is 11.9 Å². The largest absolute Gasteiger partial charge is 0.379 e. The number of amides is 1. The third kappa shape index (κ3) is 2.63. The van der Waals surface area contributed by atoms with Gasteiger partial charge in [-0.3, -0.25) is 9.36 Å². The standard InChI is InChI=1S/C13H14N4O2/c18-13(15-10-4-7-19-8-10)11-2-1-3-12(16-11)17-6-5-14-9-17/h1-3,5-6,9-10H,4,7-8H2,(H,15,18). The molecule has 6 heteroatoms. The summed E-state index contributed by atoms with van der Waals surface area (Å²) in [5.74, 6) is 0.505. The van der Waals surface area contributed by atoms with Crippen molar-refractivity contribution >= 4 is 5.91 Å². The SMILES string of the molecule is O=C(NC1CCOC1)c1cccc(-n2ccnc2)n1. The Morgan fingerprint density at radius 1 is 1.47 bits per heavy atom. The minimum absolute atomic E-state index is 0.0891. The fourth-order valence-electron chi connectivity index (χ4n) is 2.00. The van der Waals surface area contributed by atoms with Gasteiger partial charge >= 0.3 is 0 Å². The molecule has 1 N–H and O–H groups in total. The van der Waals surface area contributed by atoms with Crippen LogP contribution in [0.3, 0.4) is 0 Å². The van der Waals surface area contributed by atoms with Crippen LogP contribution < -0.4 is 5.32 Å². The zero-order valence-corrected chi connectivity index (χ0v) is 10.3. The molecule has 1 fully saturated rings. The molecule has 98 valence electrons. The Kier molecular flexibility index (Phi) is 3.24. The number of hydrogen-bond donors (Lipinski definition) is 1. The Morgan fingerprint density at radius 2 is 2.42 bits per heavy atom. The van der Waals surface area contributed by atoms with Gasteiger partial charge in [-0.2, -0.15) is 0 Å². The molecule has 19 heavy (non-hydrogen) atoms. The zero-order valence-electron chi connectivity index (χ0n) is 10.3. The van der Waals surface area contributed by atoms with Crippen molar-refractivity contribution < 1.29 is 9.53 Å². The van der Waals surface area contributed by atoms with E-state index in [0.717, 1.165) is 6.42 Å². The minimum Gasteiger partial charge on any atom is -0.379 e. The molecule has 3 heterocycles. The maximum atomic E-state index is 12.1. The van der Waals surface area contributed by atoms with Gasteiger partial charge < -0.3 is 10.1 Å². The van der Waals surface area contributed by atoms with Crippen molar-refractivity contribution in [2.45, 2.75) is 12.5 Å². The van der Waals surface area contributed by atoms with Gasteiger partial charge in [0.25, 0.3) is 5.91 Å². The summed E-state index contributed by atoms with van der Waals surface area (Å²) in [6.45, 7) is 1.28. The van der Waals surface area contributed by atoms with Gasteiger partial charge in [0.1, 0.15) is 17.8 Å². The average Bonchev–Trinajstić information content (AvgIpc) is 3.12. The monoisotopic (exact) mass is 258 g/mol. The molecule has 1 unspecified atom stereocenters. The summed E-state index contributed by atoms with van der Waals surface area (Å²) in [6.07, 6.45) is 5.96. The van der Waals surface area contributed by atoms with E-state index in [9.17, 15) is 4.79 Å². The number of ether oxygens (including phenoxy) is 1. The molecule has 0 spiro atoms. The van der Waals surface area contributed by atoms with Gasteiger partial charge in [0, 0.05) is 19.0 Å². The Bertz CT molecular complexity index is 562. The number of carbonyl (C=O) groups is 1. The summed E-state index contributed by atoms with van der Waals surface area (Å²) in [5, 5.41) is 2.92. The Balaban J connectivity index is 1.77. The molecule has 3 rings (SSSR count). The lowest BCUT2D eigenvalue weighted by Crippen LogP contribution is -2.35. The van der Waals surface area contributed by atoms with Crippen LogP contribution in [-0.4, -0.2) is 39.7 Å². The van der Waals surface area contributed by atoms with Gasteiger partial charge in [0.05, 0.1) is 12.6 Å². The third-order valence-corrected chi connectivity index (χ3v) is 3.00. The highest BCUT2D eigenvalue weighted by atomic mass is 16.5. The highest BCUT2D eigenvalue weighted by Crippen LogP contribution is 2.07. The van der Waals surface area contributed by atoms with Crippen molar-refractivity contribution in [1.82, 2.24) is 19.9 Å². The molecule has 1 amide bonds. The molecule has 1 atom stereocenters. The Labute approximate surface area is 110 Å². The highest BCUT2D eigenvalue weighted by molar-refractivity contribution is 5.92. The number of rotatable bonds is 3. The normalized spacial score (nSPS) is 18.4. The number of imidazole rings is 1. The fraction of sp³-hybridized carbons (Fsp3) is 0.308. The third-order valence-electron chi connectivity index (χ3n) is 3.00. The molecule has 0 saturated carbocycles. The van der Waals surface area contributed by atoms with E-state index in [1.165, 1.54) is 0 Å². The van der Waals surface area contributed by atoms with E-state index >= 15 is 0 Å². The average molecular weight is 258 g/mol. The molecule has 0 bridgehead atoms.